The van der Waals surface area contributed by atoms with Crippen LogP contribution < -0.4 is 5.32 Å². The van der Waals surface area contributed by atoms with E-state index in [9.17, 15) is 4.79 Å². The van der Waals surface area contributed by atoms with Gasteiger partial charge in [0.05, 0.1) is 7.11 Å². The third-order valence-corrected chi connectivity index (χ3v) is 1.03. The molecule has 4 heteroatoms. The predicted octanol–water partition coefficient (Wildman–Crippen LogP) is 0.839. The maximum absolute atomic E-state index is 10.6. The molecule has 0 aromatic rings. The summed E-state index contributed by atoms with van der Waals surface area (Å²) in [4.78, 5) is 14.1. The van der Waals surface area contributed by atoms with Crippen molar-refractivity contribution in [2.75, 3.05) is 7.11 Å². The van der Waals surface area contributed by atoms with Gasteiger partial charge in [-0.2, -0.15) is 4.99 Å². The Bertz CT molecular complexity index is 241. The lowest BCUT2D eigenvalue weighted by atomic mass is 10.4. The first-order valence-electron chi connectivity index (χ1n) is 3.03. The van der Waals surface area contributed by atoms with Gasteiger partial charge in [-0.3, -0.25) is 0 Å². The van der Waals surface area contributed by atoms with Crippen LogP contribution in [-0.4, -0.2) is 19.0 Å². The zero-order valence-corrected chi connectivity index (χ0v) is 6.02. The van der Waals surface area contributed by atoms with E-state index in [-0.39, 0.29) is 0 Å². The van der Waals surface area contributed by atoms with Crippen LogP contribution in [0, 0.1) is 0 Å². The molecule has 1 amide bonds. The van der Waals surface area contributed by atoms with Crippen LogP contribution in [-0.2, 0) is 4.74 Å². The molecule has 0 atom stereocenters. The van der Waals surface area contributed by atoms with Gasteiger partial charge < -0.3 is 4.74 Å². The smallest absolute Gasteiger partial charge is 0.435 e. The van der Waals surface area contributed by atoms with Gasteiger partial charge in [0.15, 0.2) is 5.84 Å². The molecule has 0 N–H and O–H groups in total. The van der Waals surface area contributed by atoms with Crippen molar-refractivity contribution < 1.29 is 9.53 Å². The molecule has 0 aromatic heterocycles. The Morgan fingerprint density at radius 1 is 1.64 bits per heavy atom. The van der Waals surface area contributed by atoms with E-state index in [1.807, 2.05) is 0 Å². The highest BCUT2D eigenvalue weighted by Crippen LogP contribution is 1.91. The largest absolute Gasteiger partial charge is 0.451 e. The van der Waals surface area contributed by atoms with Gasteiger partial charge in [-0.05, 0) is 12.2 Å². The number of nitrogens with zero attached hydrogens (tertiary/aromatic N) is 2. The lowest BCUT2D eigenvalue weighted by Crippen LogP contribution is -2.11. The number of carbonyl (C=O) groups excluding carboxylic acids is 1. The summed E-state index contributed by atoms with van der Waals surface area (Å²) in [5.74, 6) is 0.361. The second-order valence-electron chi connectivity index (χ2n) is 1.77. The number of rotatable bonds is 0. The Kier molecular flexibility index (Phi) is 2.43. The molecule has 1 aliphatic rings. The summed E-state index contributed by atoms with van der Waals surface area (Å²) in [5, 5.41) is 3.80. The number of hydrogen-bond acceptors (Lipinski definition) is 2. The van der Waals surface area contributed by atoms with Gasteiger partial charge in [-0.15, -0.1) is 0 Å². The molecular formula is C7H7N2O2. The second kappa shape index (κ2) is 3.55. The quantitative estimate of drug-likeness (QED) is 0.515. The standard InChI is InChI=1S/C7H7N2O2/c1-11-7(10)9-6-4-2-3-5-8-6/h2-5H,1H3/b9-6-. The molecule has 4 nitrogen and oxygen atoms in total. The van der Waals surface area contributed by atoms with Gasteiger partial charge in [-0.25, -0.2) is 10.1 Å². The van der Waals surface area contributed by atoms with E-state index in [2.05, 4.69) is 15.0 Å². The number of methoxy groups -OCH3 is 1. The van der Waals surface area contributed by atoms with Crippen LogP contribution in [0.1, 0.15) is 0 Å². The normalized spacial score (nSPS) is 18.1. The van der Waals surface area contributed by atoms with Crippen molar-refractivity contribution in [3.63, 3.8) is 0 Å². The average Bonchev–Trinajstić information content (AvgIpc) is 2.06. The zero-order valence-electron chi connectivity index (χ0n) is 6.02. The molecule has 1 heterocycles. The van der Waals surface area contributed by atoms with Gasteiger partial charge in [0.1, 0.15) is 0 Å². The van der Waals surface area contributed by atoms with E-state index in [1.54, 1.807) is 24.4 Å². The summed E-state index contributed by atoms with van der Waals surface area (Å²) in [6.07, 6.45) is 6.03. The molecule has 0 saturated carbocycles. The summed E-state index contributed by atoms with van der Waals surface area (Å²) in [5.41, 5.74) is 0. The van der Waals surface area contributed by atoms with Gasteiger partial charge in [0.25, 0.3) is 0 Å². The van der Waals surface area contributed by atoms with E-state index in [0.717, 1.165) is 0 Å². The van der Waals surface area contributed by atoms with Gasteiger partial charge in [0, 0.05) is 6.20 Å². The van der Waals surface area contributed by atoms with Crippen LogP contribution in [0.5, 0.6) is 0 Å². The van der Waals surface area contributed by atoms with Gasteiger partial charge in [-0.1, -0.05) is 6.08 Å². The minimum absolute atomic E-state index is 0.361. The highest BCUT2D eigenvalue weighted by atomic mass is 16.5. The van der Waals surface area contributed by atoms with Crippen LogP contribution in [0.2, 0.25) is 0 Å². The SMILES string of the molecule is COC(=O)/N=C1/C=CC=C[N]1. The number of aliphatic imine (C=N–C) groups is 1. The van der Waals surface area contributed by atoms with E-state index < -0.39 is 6.09 Å². The van der Waals surface area contributed by atoms with Crippen molar-refractivity contribution in [2.24, 2.45) is 4.99 Å². The van der Waals surface area contributed by atoms with Crippen molar-refractivity contribution in [2.45, 2.75) is 0 Å². The fraction of sp³-hybridized carbons (Fsp3) is 0.143. The van der Waals surface area contributed by atoms with Gasteiger partial charge >= 0.3 is 6.09 Å². The summed E-state index contributed by atoms with van der Waals surface area (Å²) >= 11 is 0. The monoisotopic (exact) mass is 151 g/mol. The maximum atomic E-state index is 10.6. The fourth-order valence-electron chi connectivity index (χ4n) is 0.559. The first-order valence-corrected chi connectivity index (χ1v) is 3.03. The Morgan fingerprint density at radius 2 is 2.45 bits per heavy atom. The molecular weight excluding hydrogens is 144 g/mol. The van der Waals surface area contributed by atoms with Crippen molar-refractivity contribution >= 4 is 11.9 Å². The number of amides is 1. The fourth-order valence-corrected chi connectivity index (χ4v) is 0.559. The van der Waals surface area contributed by atoms with Crippen molar-refractivity contribution in [3.8, 4) is 0 Å². The Hall–Kier alpha value is -1.58. The van der Waals surface area contributed by atoms with E-state index in [1.165, 1.54) is 7.11 Å². The first kappa shape index (κ1) is 7.53. The second-order valence-corrected chi connectivity index (χ2v) is 1.77. The first-order chi connectivity index (χ1) is 5.33. The topological polar surface area (TPSA) is 52.8 Å². The molecule has 0 unspecified atom stereocenters. The molecule has 1 aliphatic heterocycles. The van der Waals surface area contributed by atoms with E-state index in [0.29, 0.717) is 5.84 Å². The lowest BCUT2D eigenvalue weighted by molar-refractivity contribution is 0.182. The van der Waals surface area contributed by atoms with E-state index >= 15 is 0 Å². The molecule has 11 heavy (non-hydrogen) atoms. The Morgan fingerprint density at radius 3 is 3.00 bits per heavy atom. The lowest BCUT2D eigenvalue weighted by Gasteiger charge is -1.98. The molecule has 0 aromatic carbocycles. The van der Waals surface area contributed by atoms with Crippen LogP contribution in [0.15, 0.2) is 29.4 Å². The maximum Gasteiger partial charge on any atom is 0.435 e. The zero-order chi connectivity index (χ0) is 8.10. The molecule has 0 spiro atoms. The van der Waals surface area contributed by atoms with Crippen LogP contribution in [0.25, 0.3) is 0 Å². The highest BCUT2D eigenvalue weighted by Gasteiger charge is 2.00. The third kappa shape index (κ3) is 2.25. The van der Waals surface area contributed by atoms with Crippen LogP contribution in [0.3, 0.4) is 0 Å². The summed E-state index contributed by atoms with van der Waals surface area (Å²) < 4.78 is 4.31. The van der Waals surface area contributed by atoms with Crippen molar-refractivity contribution in [3.05, 3.63) is 24.4 Å². The van der Waals surface area contributed by atoms with Crippen LogP contribution >= 0.6 is 0 Å². The summed E-state index contributed by atoms with van der Waals surface area (Å²) in [6, 6.07) is 0. The molecule has 0 aliphatic carbocycles. The molecule has 1 rings (SSSR count). The summed E-state index contributed by atoms with van der Waals surface area (Å²) in [6.45, 7) is 0. The van der Waals surface area contributed by atoms with Gasteiger partial charge in [0.2, 0.25) is 0 Å². The van der Waals surface area contributed by atoms with E-state index in [4.69, 9.17) is 0 Å². The summed E-state index contributed by atoms with van der Waals surface area (Å²) in [7, 11) is 1.27. The Labute approximate surface area is 64.3 Å². The predicted molar refractivity (Wildman–Crippen MR) is 40.3 cm³/mol. The van der Waals surface area contributed by atoms with Crippen molar-refractivity contribution in [1.82, 2.24) is 5.32 Å². The average molecular weight is 151 g/mol. The molecule has 0 bridgehead atoms. The number of carbonyl (C=O) groups is 1. The number of ether oxygens (including phenoxy) is 1. The van der Waals surface area contributed by atoms with Crippen LogP contribution in [0.4, 0.5) is 4.79 Å². The minimum atomic E-state index is -0.635. The minimum Gasteiger partial charge on any atom is -0.451 e. The number of hydrogen-bond donors (Lipinski definition) is 0. The third-order valence-electron chi connectivity index (χ3n) is 1.03. The molecule has 0 fully saturated rings. The van der Waals surface area contributed by atoms with Crippen molar-refractivity contribution in [1.29, 1.82) is 0 Å². The molecule has 1 radical (unpaired) electrons. The Balaban J connectivity index is 2.60. The highest BCUT2D eigenvalue weighted by molar-refractivity contribution is 6.00. The molecule has 57 valence electrons. The number of amidine groups is 1. The number of allylic oxidation sites excluding steroid dienone is 2. The molecule has 0 saturated heterocycles.